The van der Waals surface area contributed by atoms with E-state index in [0.717, 1.165) is 36.3 Å². The topological polar surface area (TPSA) is 9.23 Å². The molecule has 4 aromatic rings. The minimum atomic E-state index is 0.723. The van der Waals surface area contributed by atoms with Crippen LogP contribution in [0.25, 0.3) is 33.4 Å². The summed E-state index contributed by atoms with van der Waals surface area (Å²) < 4.78 is 6.41. The highest BCUT2D eigenvalue weighted by atomic mass is 16.5. The number of ether oxygens (including phenoxy) is 1. The Kier molecular flexibility index (Phi) is 6.07. The van der Waals surface area contributed by atoms with E-state index in [4.69, 9.17) is 4.74 Å². The summed E-state index contributed by atoms with van der Waals surface area (Å²) in [6.07, 6.45) is 2.16. The van der Waals surface area contributed by atoms with Crippen molar-refractivity contribution in [3.63, 3.8) is 0 Å². The Hall–Kier alpha value is -3.32. The van der Waals surface area contributed by atoms with Crippen molar-refractivity contribution in [1.29, 1.82) is 0 Å². The first-order chi connectivity index (χ1) is 14.4. The van der Waals surface area contributed by atoms with Crippen LogP contribution >= 0.6 is 0 Å². The zero-order valence-electron chi connectivity index (χ0n) is 16.8. The Labute approximate surface area is 173 Å². The average Bonchev–Trinajstić information content (AvgIpc) is 2.81. The molecule has 0 N–H and O–H groups in total. The molecule has 4 aromatic carbocycles. The fraction of sp³-hybridized carbons (Fsp3) is 0.143. The van der Waals surface area contributed by atoms with Gasteiger partial charge in [0, 0.05) is 11.1 Å². The summed E-state index contributed by atoms with van der Waals surface area (Å²) in [5, 5.41) is 0. The number of benzene rings is 4. The van der Waals surface area contributed by atoms with Gasteiger partial charge in [0.15, 0.2) is 0 Å². The van der Waals surface area contributed by atoms with Gasteiger partial charge in [-0.2, -0.15) is 0 Å². The lowest BCUT2D eigenvalue weighted by atomic mass is 9.92. The summed E-state index contributed by atoms with van der Waals surface area (Å²) in [6, 6.07) is 36.2. The Morgan fingerprint density at radius 1 is 0.552 bits per heavy atom. The maximum atomic E-state index is 6.41. The molecule has 144 valence electrons. The number of unbranched alkanes of at least 4 members (excludes halogenated alkanes) is 1. The highest BCUT2D eigenvalue weighted by Gasteiger charge is 2.16. The van der Waals surface area contributed by atoms with Crippen LogP contribution in [0.1, 0.15) is 19.8 Å². The third-order valence-electron chi connectivity index (χ3n) is 5.11. The zero-order valence-corrected chi connectivity index (χ0v) is 16.8. The molecular formula is C28H26O. The SMILES string of the molecule is CCCCOc1c(-c2ccccc2)cc(-c2ccccc2)cc1-c1ccccc1. The smallest absolute Gasteiger partial charge is 0.134 e. The maximum Gasteiger partial charge on any atom is 0.134 e. The quantitative estimate of drug-likeness (QED) is 0.297. The van der Waals surface area contributed by atoms with Gasteiger partial charge < -0.3 is 4.74 Å². The lowest BCUT2D eigenvalue weighted by Crippen LogP contribution is -2.01. The molecule has 0 atom stereocenters. The molecule has 0 radical (unpaired) electrons. The minimum absolute atomic E-state index is 0.723. The molecule has 0 saturated heterocycles. The second-order valence-corrected chi connectivity index (χ2v) is 7.20. The molecule has 29 heavy (non-hydrogen) atoms. The molecule has 0 unspecified atom stereocenters. The summed E-state index contributed by atoms with van der Waals surface area (Å²) in [5.74, 6) is 0.968. The molecule has 0 aliphatic heterocycles. The first-order valence-electron chi connectivity index (χ1n) is 10.3. The van der Waals surface area contributed by atoms with Crippen LogP contribution in [-0.4, -0.2) is 6.61 Å². The van der Waals surface area contributed by atoms with Crippen molar-refractivity contribution >= 4 is 0 Å². The minimum Gasteiger partial charge on any atom is -0.492 e. The third kappa shape index (κ3) is 4.41. The Morgan fingerprint density at radius 3 is 1.45 bits per heavy atom. The van der Waals surface area contributed by atoms with Crippen LogP contribution in [0.2, 0.25) is 0 Å². The second-order valence-electron chi connectivity index (χ2n) is 7.20. The number of hydrogen-bond acceptors (Lipinski definition) is 1. The highest BCUT2D eigenvalue weighted by molar-refractivity contribution is 5.88. The molecule has 0 saturated carbocycles. The molecule has 0 aromatic heterocycles. The van der Waals surface area contributed by atoms with Gasteiger partial charge in [-0.25, -0.2) is 0 Å². The summed E-state index contributed by atoms with van der Waals surface area (Å²) >= 11 is 0. The largest absolute Gasteiger partial charge is 0.492 e. The van der Waals surface area contributed by atoms with E-state index in [9.17, 15) is 0 Å². The van der Waals surface area contributed by atoms with Crippen LogP contribution in [0.3, 0.4) is 0 Å². The van der Waals surface area contributed by atoms with Gasteiger partial charge in [0.25, 0.3) is 0 Å². The van der Waals surface area contributed by atoms with Crippen LogP contribution in [0.15, 0.2) is 103 Å². The summed E-state index contributed by atoms with van der Waals surface area (Å²) in [6.45, 7) is 2.92. The number of rotatable bonds is 7. The van der Waals surface area contributed by atoms with E-state index >= 15 is 0 Å². The van der Waals surface area contributed by atoms with E-state index in [1.807, 2.05) is 0 Å². The zero-order chi connectivity index (χ0) is 19.9. The van der Waals surface area contributed by atoms with E-state index in [1.165, 1.54) is 22.3 Å². The molecule has 0 spiro atoms. The van der Waals surface area contributed by atoms with Gasteiger partial charge in [0.1, 0.15) is 5.75 Å². The van der Waals surface area contributed by atoms with E-state index in [0.29, 0.717) is 0 Å². The van der Waals surface area contributed by atoms with Gasteiger partial charge in [-0.3, -0.25) is 0 Å². The highest BCUT2D eigenvalue weighted by Crippen LogP contribution is 2.42. The van der Waals surface area contributed by atoms with E-state index in [1.54, 1.807) is 0 Å². The van der Waals surface area contributed by atoms with Crippen molar-refractivity contribution in [2.24, 2.45) is 0 Å². The van der Waals surface area contributed by atoms with Crippen molar-refractivity contribution < 1.29 is 4.74 Å². The van der Waals surface area contributed by atoms with Crippen molar-refractivity contribution in [2.75, 3.05) is 6.61 Å². The fourth-order valence-electron chi connectivity index (χ4n) is 3.56. The average molecular weight is 379 g/mol. The van der Waals surface area contributed by atoms with Crippen LogP contribution in [0, 0.1) is 0 Å². The van der Waals surface area contributed by atoms with E-state index < -0.39 is 0 Å². The van der Waals surface area contributed by atoms with Crippen LogP contribution in [0.4, 0.5) is 0 Å². The third-order valence-corrected chi connectivity index (χ3v) is 5.11. The van der Waals surface area contributed by atoms with Gasteiger partial charge in [-0.15, -0.1) is 0 Å². The van der Waals surface area contributed by atoms with Gasteiger partial charge in [-0.1, -0.05) is 104 Å². The van der Waals surface area contributed by atoms with E-state index in [2.05, 4.69) is 110 Å². The second kappa shape index (κ2) is 9.25. The first-order valence-corrected chi connectivity index (χ1v) is 10.3. The molecule has 0 aliphatic carbocycles. The lowest BCUT2D eigenvalue weighted by Gasteiger charge is -2.19. The Bertz CT molecular complexity index is 977. The summed E-state index contributed by atoms with van der Waals surface area (Å²) in [5.41, 5.74) is 7.04. The molecule has 0 aliphatic rings. The van der Waals surface area contributed by atoms with Crippen molar-refractivity contribution in [1.82, 2.24) is 0 Å². The van der Waals surface area contributed by atoms with Crippen molar-refractivity contribution in [2.45, 2.75) is 19.8 Å². The Balaban J connectivity index is 1.95. The van der Waals surface area contributed by atoms with Crippen LogP contribution < -0.4 is 4.74 Å². The summed E-state index contributed by atoms with van der Waals surface area (Å²) in [7, 11) is 0. The normalized spacial score (nSPS) is 10.7. The standard InChI is InChI=1S/C28H26O/c1-2-3-19-29-28-26(23-15-9-5-10-16-23)20-25(22-13-7-4-8-14-22)21-27(28)24-17-11-6-12-18-24/h4-18,20-21H,2-3,19H2,1H3. The van der Waals surface area contributed by atoms with Crippen molar-refractivity contribution in [3.8, 4) is 39.1 Å². The fourth-order valence-corrected chi connectivity index (χ4v) is 3.56. The summed E-state index contributed by atoms with van der Waals surface area (Å²) in [4.78, 5) is 0. The van der Waals surface area contributed by atoms with Gasteiger partial charge in [-0.05, 0) is 40.8 Å². The molecule has 0 fully saturated rings. The molecule has 1 nitrogen and oxygen atoms in total. The maximum absolute atomic E-state index is 6.41. The molecule has 0 amide bonds. The predicted octanol–water partition coefficient (Wildman–Crippen LogP) is 7.87. The first kappa shape index (κ1) is 19.0. The van der Waals surface area contributed by atoms with Crippen LogP contribution in [0.5, 0.6) is 5.75 Å². The van der Waals surface area contributed by atoms with Gasteiger partial charge >= 0.3 is 0 Å². The molecule has 4 rings (SSSR count). The Morgan fingerprint density at radius 2 is 1.00 bits per heavy atom. The number of hydrogen-bond donors (Lipinski definition) is 0. The monoisotopic (exact) mass is 378 g/mol. The van der Waals surface area contributed by atoms with E-state index in [-0.39, 0.29) is 0 Å². The predicted molar refractivity (Wildman–Crippen MR) is 123 cm³/mol. The molecule has 0 heterocycles. The van der Waals surface area contributed by atoms with Crippen LogP contribution in [-0.2, 0) is 0 Å². The van der Waals surface area contributed by atoms with Crippen molar-refractivity contribution in [3.05, 3.63) is 103 Å². The molecular weight excluding hydrogens is 352 g/mol. The molecule has 0 bridgehead atoms. The van der Waals surface area contributed by atoms with Gasteiger partial charge in [0.2, 0.25) is 0 Å². The lowest BCUT2D eigenvalue weighted by molar-refractivity contribution is 0.312. The molecule has 1 heteroatoms. The van der Waals surface area contributed by atoms with Gasteiger partial charge in [0.05, 0.1) is 6.61 Å².